The van der Waals surface area contributed by atoms with E-state index >= 15 is 0 Å². The quantitative estimate of drug-likeness (QED) is 0.374. The van der Waals surface area contributed by atoms with Gasteiger partial charge in [-0.3, -0.25) is 0 Å². The smallest absolute Gasteiger partial charge is 0.181 e. The summed E-state index contributed by atoms with van der Waals surface area (Å²) in [5.41, 5.74) is 1.61. The minimum absolute atomic E-state index is 0.710. The second kappa shape index (κ2) is 4.47. The van der Waals surface area contributed by atoms with E-state index in [1.807, 2.05) is 6.08 Å². The van der Waals surface area contributed by atoms with Crippen LogP contribution in [0, 0.1) is 0 Å². The van der Waals surface area contributed by atoms with Crippen LogP contribution in [0.3, 0.4) is 0 Å². The van der Waals surface area contributed by atoms with Crippen molar-refractivity contribution in [2.45, 2.75) is 5.03 Å². The Labute approximate surface area is 89.0 Å². The summed E-state index contributed by atoms with van der Waals surface area (Å²) in [6, 6.07) is 0. The van der Waals surface area contributed by atoms with Gasteiger partial charge in [0.05, 0.1) is 6.33 Å². The molecule has 6 heteroatoms. The van der Waals surface area contributed by atoms with Gasteiger partial charge in [-0.05, 0) is 10.8 Å². The molecule has 2 aromatic heterocycles. The molecule has 0 atom stereocenters. The number of hydrogen-bond donors (Lipinski definition) is 1. The summed E-state index contributed by atoms with van der Waals surface area (Å²) in [5, 5.41) is 0.916. The van der Waals surface area contributed by atoms with Gasteiger partial charge in [0.1, 0.15) is 16.9 Å². The Morgan fingerprint density at radius 2 is 2.36 bits per heavy atom. The highest BCUT2D eigenvalue weighted by Crippen LogP contribution is 2.32. The Balaban J connectivity index is 2.23. The van der Waals surface area contributed by atoms with E-state index in [0.29, 0.717) is 5.65 Å². The topological polar surface area (TPSA) is 54.5 Å². The molecule has 0 aromatic carbocycles. The van der Waals surface area contributed by atoms with Crippen molar-refractivity contribution >= 4 is 32.8 Å². The molecule has 2 aromatic rings. The van der Waals surface area contributed by atoms with Gasteiger partial charge in [0.2, 0.25) is 0 Å². The fourth-order valence-electron chi connectivity index (χ4n) is 0.944. The summed E-state index contributed by atoms with van der Waals surface area (Å²) in [7, 11) is 3.29. The van der Waals surface area contributed by atoms with Crippen molar-refractivity contribution in [3.05, 3.63) is 25.3 Å². The van der Waals surface area contributed by atoms with Gasteiger partial charge in [0.25, 0.3) is 0 Å². The Bertz CT molecular complexity index is 440. The summed E-state index contributed by atoms with van der Waals surface area (Å²) in [6.07, 6.45) is 5.02. The lowest BCUT2D eigenvalue weighted by Gasteiger charge is -1.97. The molecule has 0 amide bonds. The Kier molecular flexibility index (Phi) is 3.05. The maximum Gasteiger partial charge on any atom is 0.181 e. The maximum absolute atomic E-state index is 4.18. The predicted octanol–water partition coefficient (Wildman–Crippen LogP) is 2.28. The van der Waals surface area contributed by atoms with E-state index in [1.54, 1.807) is 27.9 Å². The van der Waals surface area contributed by atoms with Crippen LogP contribution in [-0.4, -0.2) is 25.7 Å². The molecular formula is C8H8N4S2. The first-order chi connectivity index (χ1) is 6.92. The zero-order chi connectivity index (χ0) is 9.80. The monoisotopic (exact) mass is 224 g/mol. The van der Waals surface area contributed by atoms with Gasteiger partial charge in [-0.25, -0.2) is 15.0 Å². The third-order valence-corrected chi connectivity index (χ3v) is 3.70. The normalized spacial score (nSPS) is 10.6. The third-order valence-electron chi connectivity index (χ3n) is 1.51. The lowest BCUT2D eigenvalue weighted by molar-refractivity contribution is 1.09. The number of hydrogen-bond acceptors (Lipinski definition) is 5. The second-order valence-electron chi connectivity index (χ2n) is 2.44. The number of nitrogens with one attached hydrogen (secondary N) is 1. The molecule has 0 saturated heterocycles. The van der Waals surface area contributed by atoms with Crippen LogP contribution in [0.5, 0.6) is 0 Å². The maximum atomic E-state index is 4.18. The largest absolute Gasteiger partial charge is 0.341 e. The minimum atomic E-state index is 0.710. The molecule has 2 rings (SSSR count). The molecule has 0 aliphatic rings. The SMILES string of the molecule is C=CCSSc1ncnc2nc[nH]c12. The van der Waals surface area contributed by atoms with Gasteiger partial charge < -0.3 is 4.98 Å². The molecule has 2 heterocycles. The summed E-state index contributed by atoms with van der Waals surface area (Å²) >= 11 is 0. The van der Waals surface area contributed by atoms with E-state index in [1.165, 1.54) is 6.33 Å². The van der Waals surface area contributed by atoms with Crippen LogP contribution >= 0.6 is 21.6 Å². The summed E-state index contributed by atoms with van der Waals surface area (Å²) < 4.78 is 0. The van der Waals surface area contributed by atoms with E-state index in [4.69, 9.17) is 0 Å². The van der Waals surface area contributed by atoms with E-state index < -0.39 is 0 Å². The number of H-pyrrole nitrogens is 1. The van der Waals surface area contributed by atoms with Crippen LogP contribution in [-0.2, 0) is 0 Å². The molecule has 0 fully saturated rings. The van der Waals surface area contributed by atoms with E-state index in [0.717, 1.165) is 16.3 Å². The summed E-state index contributed by atoms with van der Waals surface area (Å²) in [4.78, 5) is 15.3. The van der Waals surface area contributed by atoms with E-state index in [2.05, 4.69) is 26.5 Å². The zero-order valence-electron chi connectivity index (χ0n) is 7.30. The molecule has 0 aliphatic heterocycles. The predicted molar refractivity (Wildman–Crippen MR) is 60.2 cm³/mol. The average Bonchev–Trinajstić information content (AvgIpc) is 2.67. The number of aromatic nitrogens is 4. The van der Waals surface area contributed by atoms with E-state index in [-0.39, 0.29) is 0 Å². The number of nitrogens with zero attached hydrogens (tertiary/aromatic N) is 3. The first-order valence-electron chi connectivity index (χ1n) is 3.96. The highest BCUT2D eigenvalue weighted by Gasteiger charge is 2.05. The number of aromatic amines is 1. The van der Waals surface area contributed by atoms with Crippen LogP contribution in [0.4, 0.5) is 0 Å². The Morgan fingerprint density at radius 3 is 3.21 bits per heavy atom. The standard InChI is InChI=1S/C8H8N4S2/c1-2-3-13-14-8-6-7(10-4-9-6)11-5-12-8/h2,4-5H,1,3H2,(H,9,10,11,12). The second-order valence-corrected chi connectivity index (χ2v) is 4.77. The van der Waals surface area contributed by atoms with Crippen LogP contribution in [0.2, 0.25) is 0 Å². The third kappa shape index (κ3) is 1.91. The number of fused-ring (bicyclic) bond motifs is 1. The molecule has 4 nitrogen and oxygen atoms in total. The van der Waals surface area contributed by atoms with Crippen LogP contribution in [0.1, 0.15) is 0 Å². The fraction of sp³-hybridized carbons (Fsp3) is 0.125. The lowest BCUT2D eigenvalue weighted by Crippen LogP contribution is -1.84. The Morgan fingerprint density at radius 1 is 1.43 bits per heavy atom. The molecule has 14 heavy (non-hydrogen) atoms. The first-order valence-corrected chi connectivity index (χ1v) is 6.28. The summed E-state index contributed by atoms with van der Waals surface area (Å²) in [6.45, 7) is 3.66. The van der Waals surface area contributed by atoms with Gasteiger partial charge >= 0.3 is 0 Å². The molecule has 0 unspecified atom stereocenters. The molecule has 0 bridgehead atoms. The average molecular weight is 224 g/mol. The van der Waals surface area contributed by atoms with Crippen LogP contribution < -0.4 is 0 Å². The molecule has 0 saturated carbocycles. The minimum Gasteiger partial charge on any atom is -0.341 e. The Hall–Kier alpha value is -1.01. The summed E-state index contributed by atoms with van der Waals surface area (Å²) in [5.74, 6) is 0.893. The number of imidazole rings is 1. The lowest BCUT2D eigenvalue weighted by atomic mass is 10.6. The first kappa shape index (κ1) is 9.54. The molecule has 0 spiro atoms. The fourth-order valence-corrected chi connectivity index (χ4v) is 2.75. The van der Waals surface area contributed by atoms with Crippen molar-refractivity contribution in [2.75, 3.05) is 5.75 Å². The molecule has 0 aliphatic carbocycles. The molecule has 72 valence electrons. The molecule has 1 N–H and O–H groups in total. The van der Waals surface area contributed by atoms with Crippen molar-refractivity contribution in [2.24, 2.45) is 0 Å². The number of rotatable bonds is 4. The van der Waals surface area contributed by atoms with Crippen LogP contribution in [0.25, 0.3) is 11.2 Å². The van der Waals surface area contributed by atoms with E-state index in [9.17, 15) is 0 Å². The van der Waals surface area contributed by atoms with Crippen molar-refractivity contribution in [1.82, 2.24) is 19.9 Å². The highest BCUT2D eigenvalue weighted by atomic mass is 33.1. The van der Waals surface area contributed by atoms with Crippen molar-refractivity contribution in [3.8, 4) is 0 Å². The van der Waals surface area contributed by atoms with Gasteiger partial charge in [0.15, 0.2) is 5.65 Å². The van der Waals surface area contributed by atoms with Gasteiger partial charge in [-0.2, -0.15) is 0 Å². The van der Waals surface area contributed by atoms with Crippen molar-refractivity contribution < 1.29 is 0 Å². The highest BCUT2D eigenvalue weighted by molar-refractivity contribution is 8.76. The molecular weight excluding hydrogens is 216 g/mol. The van der Waals surface area contributed by atoms with Gasteiger partial charge in [-0.15, -0.1) is 6.58 Å². The zero-order valence-corrected chi connectivity index (χ0v) is 8.94. The van der Waals surface area contributed by atoms with Crippen molar-refractivity contribution in [3.63, 3.8) is 0 Å². The van der Waals surface area contributed by atoms with Crippen LogP contribution in [0.15, 0.2) is 30.3 Å². The van der Waals surface area contributed by atoms with Gasteiger partial charge in [-0.1, -0.05) is 16.9 Å². The van der Waals surface area contributed by atoms with Crippen molar-refractivity contribution in [1.29, 1.82) is 0 Å². The molecule has 0 radical (unpaired) electrons. The van der Waals surface area contributed by atoms with Gasteiger partial charge in [0, 0.05) is 5.75 Å².